The third-order valence-electron chi connectivity index (χ3n) is 4.87. The minimum absolute atomic E-state index is 0.318. The Morgan fingerprint density at radius 1 is 1.04 bits per heavy atom. The average molecular weight is 377 g/mol. The standard InChI is InChI=1S/C23H27N3O2/c1-3-5-8-15-26-22(24-21(4-2)25-26)16-17-11-13-18(14-12-17)19-9-6-7-10-20(19)23(27)28/h6-7,9-14H,3-5,8,15-16H2,1-2H3,(H,27,28). The van der Waals surface area contributed by atoms with Crippen LogP contribution in [0.3, 0.4) is 0 Å². The van der Waals surface area contributed by atoms with Gasteiger partial charge in [-0.05, 0) is 29.2 Å². The van der Waals surface area contributed by atoms with Crippen LogP contribution in [0.5, 0.6) is 0 Å². The Labute approximate surface area is 166 Å². The Morgan fingerprint density at radius 3 is 2.46 bits per heavy atom. The van der Waals surface area contributed by atoms with Crippen LogP contribution in [0.15, 0.2) is 48.5 Å². The molecule has 0 aliphatic heterocycles. The molecule has 0 bridgehead atoms. The Bertz CT molecular complexity index is 929. The van der Waals surface area contributed by atoms with Gasteiger partial charge in [0.15, 0.2) is 5.82 Å². The van der Waals surface area contributed by atoms with Crippen LogP contribution in [0.4, 0.5) is 0 Å². The summed E-state index contributed by atoms with van der Waals surface area (Å²) in [7, 11) is 0. The number of benzene rings is 2. The number of carbonyl (C=O) groups is 1. The molecular weight excluding hydrogens is 350 g/mol. The van der Waals surface area contributed by atoms with Crippen molar-refractivity contribution in [3.8, 4) is 11.1 Å². The van der Waals surface area contributed by atoms with Gasteiger partial charge in [-0.15, -0.1) is 0 Å². The van der Waals surface area contributed by atoms with E-state index in [1.165, 1.54) is 12.8 Å². The number of carboxylic acid groups (broad SMARTS) is 1. The summed E-state index contributed by atoms with van der Waals surface area (Å²) in [6.07, 6.45) is 5.04. The molecule has 0 atom stereocenters. The van der Waals surface area contributed by atoms with E-state index in [4.69, 9.17) is 4.98 Å². The maximum atomic E-state index is 11.5. The second-order valence-corrected chi connectivity index (χ2v) is 6.95. The van der Waals surface area contributed by atoms with Gasteiger partial charge in [0.1, 0.15) is 5.82 Å². The molecule has 0 unspecified atom stereocenters. The molecule has 1 aromatic heterocycles. The van der Waals surface area contributed by atoms with Crippen LogP contribution in [0.1, 0.15) is 60.7 Å². The minimum Gasteiger partial charge on any atom is -0.478 e. The quantitative estimate of drug-likeness (QED) is 0.534. The second kappa shape index (κ2) is 9.31. The summed E-state index contributed by atoms with van der Waals surface area (Å²) < 4.78 is 2.04. The summed E-state index contributed by atoms with van der Waals surface area (Å²) in [5.41, 5.74) is 3.10. The number of hydrogen-bond acceptors (Lipinski definition) is 3. The van der Waals surface area contributed by atoms with E-state index in [-0.39, 0.29) is 0 Å². The number of unbranched alkanes of at least 4 members (excludes halogenated alkanes) is 2. The zero-order valence-electron chi connectivity index (χ0n) is 16.6. The molecule has 0 aliphatic carbocycles. The SMILES string of the molecule is CCCCCn1nc(CC)nc1Cc1ccc(-c2ccccc2C(=O)O)cc1. The van der Waals surface area contributed by atoms with E-state index in [0.29, 0.717) is 5.56 Å². The Kier molecular flexibility index (Phi) is 6.58. The Balaban J connectivity index is 1.80. The maximum Gasteiger partial charge on any atom is 0.336 e. The van der Waals surface area contributed by atoms with Crippen LogP contribution in [-0.2, 0) is 19.4 Å². The van der Waals surface area contributed by atoms with Crippen molar-refractivity contribution in [1.82, 2.24) is 14.8 Å². The van der Waals surface area contributed by atoms with Gasteiger partial charge in [0, 0.05) is 19.4 Å². The van der Waals surface area contributed by atoms with Crippen molar-refractivity contribution in [2.24, 2.45) is 0 Å². The third-order valence-corrected chi connectivity index (χ3v) is 4.87. The van der Waals surface area contributed by atoms with Crippen LogP contribution in [0.2, 0.25) is 0 Å². The predicted octanol–water partition coefficient (Wildman–Crippen LogP) is 4.99. The fourth-order valence-electron chi connectivity index (χ4n) is 3.30. The van der Waals surface area contributed by atoms with E-state index in [1.54, 1.807) is 12.1 Å². The van der Waals surface area contributed by atoms with Crippen molar-refractivity contribution >= 4 is 5.97 Å². The Hall–Kier alpha value is -2.95. The molecule has 3 aromatic rings. The van der Waals surface area contributed by atoms with Crippen molar-refractivity contribution in [2.45, 2.75) is 52.5 Å². The molecule has 0 saturated heterocycles. The highest BCUT2D eigenvalue weighted by Crippen LogP contribution is 2.24. The molecular formula is C23H27N3O2. The number of hydrogen-bond donors (Lipinski definition) is 1. The summed E-state index contributed by atoms with van der Waals surface area (Å²) >= 11 is 0. The first-order valence-electron chi connectivity index (χ1n) is 9.96. The van der Waals surface area contributed by atoms with E-state index in [1.807, 2.05) is 41.1 Å². The fraction of sp³-hybridized carbons (Fsp3) is 0.348. The molecule has 0 aliphatic rings. The van der Waals surface area contributed by atoms with Crippen LogP contribution < -0.4 is 0 Å². The van der Waals surface area contributed by atoms with Crippen LogP contribution in [0.25, 0.3) is 11.1 Å². The average Bonchev–Trinajstić information content (AvgIpc) is 3.10. The summed E-state index contributed by atoms with van der Waals surface area (Å²) in [6.45, 7) is 5.17. The van der Waals surface area contributed by atoms with Crippen LogP contribution in [0, 0.1) is 0 Å². The molecule has 0 radical (unpaired) electrons. The van der Waals surface area contributed by atoms with E-state index < -0.39 is 5.97 Å². The van der Waals surface area contributed by atoms with Crippen LogP contribution in [-0.4, -0.2) is 25.8 Å². The number of aromatic carboxylic acids is 1. The van der Waals surface area contributed by atoms with Gasteiger partial charge >= 0.3 is 5.97 Å². The summed E-state index contributed by atoms with van der Waals surface area (Å²) in [5.74, 6) is 0.970. The first-order valence-corrected chi connectivity index (χ1v) is 9.96. The lowest BCUT2D eigenvalue weighted by Crippen LogP contribution is -2.07. The van der Waals surface area contributed by atoms with E-state index in [9.17, 15) is 9.90 Å². The molecule has 5 nitrogen and oxygen atoms in total. The summed E-state index contributed by atoms with van der Waals surface area (Å²) in [5, 5.41) is 14.0. The molecule has 1 heterocycles. The van der Waals surface area contributed by atoms with Gasteiger partial charge in [0.25, 0.3) is 0 Å². The molecule has 0 saturated carbocycles. The van der Waals surface area contributed by atoms with Gasteiger partial charge in [-0.1, -0.05) is 69.2 Å². The highest BCUT2D eigenvalue weighted by Gasteiger charge is 2.12. The molecule has 5 heteroatoms. The minimum atomic E-state index is -0.910. The highest BCUT2D eigenvalue weighted by atomic mass is 16.4. The van der Waals surface area contributed by atoms with Crippen molar-refractivity contribution < 1.29 is 9.90 Å². The van der Waals surface area contributed by atoms with Crippen LogP contribution >= 0.6 is 0 Å². The van der Waals surface area contributed by atoms with Gasteiger partial charge in [0.2, 0.25) is 0 Å². The molecule has 28 heavy (non-hydrogen) atoms. The highest BCUT2D eigenvalue weighted by molar-refractivity contribution is 5.95. The van der Waals surface area contributed by atoms with Crippen molar-refractivity contribution in [1.29, 1.82) is 0 Å². The lowest BCUT2D eigenvalue weighted by atomic mass is 9.98. The fourth-order valence-corrected chi connectivity index (χ4v) is 3.30. The summed E-state index contributed by atoms with van der Waals surface area (Å²) in [4.78, 5) is 16.2. The first kappa shape index (κ1) is 19.8. The van der Waals surface area contributed by atoms with Gasteiger partial charge in [-0.25, -0.2) is 14.5 Å². The lowest BCUT2D eigenvalue weighted by molar-refractivity contribution is 0.0697. The molecule has 0 fully saturated rings. The number of nitrogens with zero attached hydrogens (tertiary/aromatic N) is 3. The third kappa shape index (κ3) is 4.66. The second-order valence-electron chi connectivity index (χ2n) is 6.95. The van der Waals surface area contributed by atoms with E-state index in [2.05, 4.69) is 18.9 Å². The molecule has 3 rings (SSSR count). The maximum absolute atomic E-state index is 11.5. The monoisotopic (exact) mass is 377 g/mol. The van der Waals surface area contributed by atoms with Gasteiger partial charge in [-0.2, -0.15) is 5.10 Å². The zero-order chi connectivity index (χ0) is 19.9. The zero-order valence-corrected chi connectivity index (χ0v) is 16.6. The molecule has 1 N–H and O–H groups in total. The smallest absolute Gasteiger partial charge is 0.336 e. The van der Waals surface area contributed by atoms with E-state index in [0.717, 1.165) is 54.1 Å². The largest absolute Gasteiger partial charge is 0.478 e. The molecule has 0 spiro atoms. The molecule has 0 amide bonds. The molecule has 2 aromatic carbocycles. The number of carboxylic acids is 1. The predicted molar refractivity (Wildman–Crippen MR) is 111 cm³/mol. The number of aromatic nitrogens is 3. The van der Waals surface area contributed by atoms with Gasteiger partial charge in [0.05, 0.1) is 5.56 Å². The van der Waals surface area contributed by atoms with Crippen molar-refractivity contribution in [2.75, 3.05) is 0 Å². The van der Waals surface area contributed by atoms with Gasteiger partial charge in [-0.3, -0.25) is 0 Å². The van der Waals surface area contributed by atoms with E-state index >= 15 is 0 Å². The normalized spacial score (nSPS) is 10.9. The van der Waals surface area contributed by atoms with Gasteiger partial charge < -0.3 is 5.11 Å². The summed E-state index contributed by atoms with van der Waals surface area (Å²) in [6, 6.07) is 15.1. The Morgan fingerprint density at radius 2 is 1.79 bits per heavy atom. The van der Waals surface area contributed by atoms with Crippen molar-refractivity contribution in [3.05, 3.63) is 71.3 Å². The first-order chi connectivity index (χ1) is 13.6. The topological polar surface area (TPSA) is 68.0 Å². The molecule has 146 valence electrons. The van der Waals surface area contributed by atoms with Crippen molar-refractivity contribution in [3.63, 3.8) is 0 Å². The number of aryl methyl sites for hydroxylation is 2. The lowest BCUT2D eigenvalue weighted by Gasteiger charge is -2.08. The number of rotatable bonds is 9.